The Morgan fingerprint density at radius 2 is 1.27 bits per heavy atom. The van der Waals surface area contributed by atoms with Crippen molar-refractivity contribution in [1.29, 1.82) is 0 Å². The summed E-state index contributed by atoms with van der Waals surface area (Å²) in [7, 11) is 0. The highest BCUT2D eigenvalue weighted by Gasteiger charge is 2.22. The Hall–Kier alpha value is -1.62. The van der Waals surface area contributed by atoms with Gasteiger partial charge >= 0.3 is 0 Å². The van der Waals surface area contributed by atoms with Gasteiger partial charge in [-0.25, -0.2) is 8.78 Å². The number of terminal acetylenes is 1. The molecule has 0 aromatic rings. The van der Waals surface area contributed by atoms with Gasteiger partial charge in [0.1, 0.15) is 0 Å². The van der Waals surface area contributed by atoms with E-state index in [2.05, 4.69) is 60.1 Å². The molecule has 0 aromatic carbocycles. The topological polar surface area (TPSA) is 0 Å². The van der Waals surface area contributed by atoms with Crippen LogP contribution < -0.4 is 0 Å². The molecule has 2 aliphatic carbocycles. The van der Waals surface area contributed by atoms with Gasteiger partial charge in [-0.3, -0.25) is 0 Å². The summed E-state index contributed by atoms with van der Waals surface area (Å²) in [6.07, 6.45) is 25.9. The molecule has 0 bridgehead atoms. The maximum Gasteiger partial charge on any atom is 0.245 e. The fourth-order valence-corrected chi connectivity index (χ4v) is 3.98. The molecule has 2 unspecified atom stereocenters. The lowest BCUT2D eigenvalue weighted by molar-refractivity contribution is 0.0140. The third-order valence-electron chi connectivity index (χ3n) is 6.96. The minimum absolute atomic E-state index is 0.0572. The lowest BCUT2D eigenvalue weighted by Crippen LogP contribution is -2.19. The second kappa shape index (κ2) is 33.6. The molecule has 0 N–H and O–H groups in total. The smallest absolute Gasteiger partial charge is 0.207 e. The highest BCUT2D eigenvalue weighted by Crippen LogP contribution is 2.34. The van der Waals surface area contributed by atoms with Crippen LogP contribution in [0, 0.1) is 36.5 Å². The maximum absolute atomic E-state index is 12.3. The van der Waals surface area contributed by atoms with Gasteiger partial charge in [-0.2, -0.15) is 0 Å². The van der Waals surface area contributed by atoms with Crippen LogP contribution in [0.25, 0.3) is 0 Å². The Morgan fingerprint density at radius 3 is 1.48 bits per heavy atom. The summed E-state index contributed by atoms with van der Waals surface area (Å²) in [5.41, 5.74) is 3.70. The van der Waals surface area contributed by atoms with E-state index in [-0.39, 0.29) is 6.42 Å². The van der Waals surface area contributed by atoms with Crippen LogP contribution in [-0.2, 0) is 0 Å². The van der Waals surface area contributed by atoms with Gasteiger partial charge in [0.05, 0.1) is 0 Å². The normalized spacial score (nSPS) is 21.4. The number of alkyl halides is 2. The van der Waals surface area contributed by atoms with Crippen molar-refractivity contribution in [2.75, 3.05) is 0 Å². The highest BCUT2D eigenvalue weighted by molar-refractivity contribution is 5.22. The molecule has 0 saturated heterocycles. The Morgan fingerprint density at radius 1 is 0.825 bits per heavy atom. The van der Waals surface area contributed by atoms with Crippen LogP contribution in [0.15, 0.2) is 47.6 Å². The van der Waals surface area contributed by atoms with Crippen molar-refractivity contribution in [3.63, 3.8) is 0 Å². The highest BCUT2D eigenvalue weighted by atomic mass is 19.3. The molecule has 2 aliphatic rings. The summed E-state index contributed by atoms with van der Waals surface area (Å²) in [4.78, 5) is 0. The van der Waals surface area contributed by atoms with E-state index in [0.717, 1.165) is 42.6 Å². The van der Waals surface area contributed by atoms with E-state index in [1.807, 2.05) is 73.6 Å². The summed E-state index contributed by atoms with van der Waals surface area (Å²) < 4.78 is 24.7. The Labute approximate surface area is 253 Å². The number of allylic oxidation sites excluding steroid dienone is 7. The lowest BCUT2D eigenvalue weighted by atomic mass is 9.75. The van der Waals surface area contributed by atoms with Gasteiger partial charge in [-0.1, -0.05) is 122 Å². The predicted octanol–water partition coefficient (Wildman–Crippen LogP) is 14.0. The Balaban J connectivity index is -0.000000132. The lowest BCUT2D eigenvalue weighted by Gasteiger charge is -2.31. The van der Waals surface area contributed by atoms with Gasteiger partial charge < -0.3 is 0 Å². The molecule has 40 heavy (non-hydrogen) atoms. The average molecular weight is 567 g/mol. The zero-order valence-electron chi connectivity index (χ0n) is 29.6. The number of hydrogen-bond donors (Lipinski definition) is 0. The summed E-state index contributed by atoms with van der Waals surface area (Å²) >= 11 is 0. The first-order chi connectivity index (χ1) is 18.7. The van der Waals surface area contributed by atoms with Crippen LogP contribution in [0.1, 0.15) is 155 Å². The molecule has 2 rings (SSSR count). The molecule has 0 radical (unpaired) electrons. The van der Waals surface area contributed by atoms with E-state index in [1.54, 1.807) is 0 Å². The molecule has 238 valence electrons. The molecule has 0 spiro atoms. The molecule has 2 fully saturated rings. The molecule has 0 heterocycles. The first kappa shape index (κ1) is 48.1. The van der Waals surface area contributed by atoms with Crippen molar-refractivity contribution in [3.8, 4) is 12.8 Å². The molecule has 2 saturated carbocycles. The first-order valence-corrected chi connectivity index (χ1v) is 16.0. The second-order valence-corrected chi connectivity index (χ2v) is 11.0. The van der Waals surface area contributed by atoms with E-state index >= 15 is 0 Å². The molecule has 2 heteroatoms. The largest absolute Gasteiger partial charge is 0.245 e. The van der Waals surface area contributed by atoms with E-state index < -0.39 is 5.92 Å². The molecule has 0 nitrogen and oxygen atoms in total. The number of rotatable bonds is 7. The minimum atomic E-state index is -2.53. The monoisotopic (exact) mass is 567 g/mol. The van der Waals surface area contributed by atoms with Crippen molar-refractivity contribution < 1.29 is 8.78 Å². The Bertz CT molecular complexity index is 628. The number of halogens is 2. The molecular formula is C38H72F2. The zero-order valence-corrected chi connectivity index (χ0v) is 29.6. The van der Waals surface area contributed by atoms with Crippen LogP contribution in [0.3, 0.4) is 0 Å². The number of hydrogen-bond acceptors (Lipinski definition) is 0. The molecular weight excluding hydrogens is 494 g/mol. The standard InChI is InChI=1S/C11H18F2.2C7H14.C7H12.2C2H6.C2H2/c1-4-10(2)8-6-5-7-9-11(3,12)13;1-6-3-4-7(2)5-6;1-3-7-4-6(2)5-7;1-5-7(4)6(2)3;3*1-2/h4-6H,7-9H2,1-3H3;2*6-7H,3-5H2,1-2H3;5H,2H2,1,3-4H3;2*1-2H3;1-2H/b6-5?,10-4-;;;7-5+;;;. The van der Waals surface area contributed by atoms with Gasteiger partial charge in [0.15, 0.2) is 0 Å². The van der Waals surface area contributed by atoms with E-state index in [9.17, 15) is 8.78 Å². The Kier molecular flexibility index (Phi) is 40.4. The van der Waals surface area contributed by atoms with Crippen molar-refractivity contribution in [3.05, 3.63) is 47.6 Å². The zero-order chi connectivity index (χ0) is 32.7. The molecule has 0 amide bonds. The van der Waals surface area contributed by atoms with Crippen molar-refractivity contribution in [1.82, 2.24) is 0 Å². The third-order valence-corrected chi connectivity index (χ3v) is 6.96. The summed E-state index contributed by atoms with van der Waals surface area (Å²) in [5, 5.41) is 0. The molecule has 0 aromatic heterocycles. The average Bonchev–Trinajstić information content (AvgIpc) is 3.31. The van der Waals surface area contributed by atoms with E-state index in [4.69, 9.17) is 0 Å². The SMILES string of the molecule is C#C.C/C=C(/C)CC=CCCC(C)(F)F.C=C(C)/C(C)=C/C.CC.CC.CC1CCC(C)C1.CCC1CC(C)C1. The van der Waals surface area contributed by atoms with Crippen molar-refractivity contribution >= 4 is 0 Å². The van der Waals surface area contributed by atoms with Crippen LogP contribution >= 0.6 is 0 Å². The summed E-state index contributed by atoms with van der Waals surface area (Å²) in [5.74, 6) is 1.66. The fraction of sp³-hybridized carbons (Fsp3) is 0.737. The quantitative estimate of drug-likeness (QED) is 0.163. The molecule has 0 aliphatic heterocycles. The van der Waals surface area contributed by atoms with Gasteiger partial charge in [-0.05, 0) is 97.3 Å². The van der Waals surface area contributed by atoms with Crippen LogP contribution in [0.5, 0.6) is 0 Å². The summed E-state index contributed by atoms with van der Waals surface area (Å²) in [6.45, 7) is 32.1. The second-order valence-electron chi connectivity index (χ2n) is 11.0. The van der Waals surface area contributed by atoms with Crippen molar-refractivity contribution in [2.45, 2.75) is 161 Å². The summed E-state index contributed by atoms with van der Waals surface area (Å²) in [6, 6.07) is 0. The van der Waals surface area contributed by atoms with Crippen LogP contribution in [0.4, 0.5) is 8.78 Å². The van der Waals surface area contributed by atoms with E-state index in [1.165, 1.54) is 49.7 Å². The van der Waals surface area contributed by atoms with Crippen LogP contribution in [0.2, 0.25) is 0 Å². The predicted molar refractivity (Wildman–Crippen MR) is 184 cm³/mol. The third kappa shape index (κ3) is 38.5. The maximum atomic E-state index is 12.3. The van der Waals surface area contributed by atoms with Gasteiger partial charge in [0.25, 0.3) is 0 Å². The van der Waals surface area contributed by atoms with Crippen LogP contribution in [-0.4, -0.2) is 5.92 Å². The van der Waals surface area contributed by atoms with E-state index in [0.29, 0.717) is 6.42 Å². The molecule has 2 atom stereocenters. The van der Waals surface area contributed by atoms with Gasteiger partial charge in [-0.15, -0.1) is 12.8 Å². The fourth-order valence-electron chi connectivity index (χ4n) is 3.98. The van der Waals surface area contributed by atoms with Gasteiger partial charge in [0, 0.05) is 6.42 Å². The minimum Gasteiger partial charge on any atom is -0.207 e. The van der Waals surface area contributed by atoms with Gasteiger partial charge in [0.2, 0.25) is 5.92 Å². The van der Waals surface area contributed by atoms with Crippen molar-refractivity contribution in [2.24, 2.45) is 23.7 Å². The first-order valence-electron chi connectivity index (χ1n) is 16.0.